The van der Waals surface area contributed by atoms with Crippen LogP contribution >= 0.6 is 0 Å². The van der Waals surface area contributed by atoms with Crippen molar-refractivity contribution in [3.63, 3.8) is 0 Å². The van der Waals surface area contributed by atoms with E-state index in [1.807, 2.05) is 31.2 Å². The fourth-order valence-corrected chi connectivity index (χ4v) is 5.15. The minimum absolute atomic E-state index is 0.152. The quantitative estimate of drug-likeness (QED) is 0.659. The minimum atomic E-state index is -0.986. The SMILES string of the molecule is C=C(C)CC1N(CCc2ccc(OC)c(OC)c2)C(=O)C2C(C(=O)O)C3C=CC21O3. The number of nitrogens with zero attached hydrogens (tertiary/aromatic N) is 1. The summed E-state index contributed by atoms with van der Waals surface area (Å²) >= 11 is 0. The summed E-state index contributed by atoms with van der Waals surface area (Å²) in [7, 11) is 3.17. The van der Waals surface area contributed by atoms with Gasteiger partial charge in [0.2, 0.25) is 5.91 Å². The van der Waals surface area contributed by atoms with Crippen LogP contribution in [0.5, 0.6) is 11.5 Å². The van der Waals surface area contributed by atoms with E-state index in [4.69, 9.17) is 14.2 Å². The molecule has 3 aliphatic rings. The van der Waals surface area contributed by atoms with Crippen LogP contribution in [0.15, 0.2) is 42.5 Å². The number of carboxylic acid groups (broad SMARTS) is 1. The predicted octanol–water partition coefficient (Wildman–Crippen LogP) is 2.45. The number of carboxylic acids is 1. The summed E-state index contributed by atoms with van der Waals surface area (Å²) < 4.78 is 16.8. The first-order chi connectivity index (χ1) is 14.3. The number of amides is 1. The van der Waals surface area contributed by atoms with Crippen molar-refractivity contribution in [3.8, 4) is 11.5 Å². The maximum Gasteiger partial charge on any atom is 0.310 e. The molecule has 3 heterocycles. The van der Waals surface area contributed by atoms with Gasteiger partial charge in [0.15, 0.2) is 11.5 Å². The van der Waals surface area contributed by atoms with Gasteiger partial charge in [0.1, 0.15) is 11.5 Å². The van der Waals surface area contributed by atoms with Gasteiger partial charge in [0.05, 0.1) is 32.3 Å². The third-order valence-corrected chi connectivity index (χ3v) is 6.45. The highest BCUT2D eigenvalue weighted by atomic mass is 16.5. The van der Waals surface area contributed by atoms with Gasteiger partial charge in [-0.2, -0.15) is 0 Å². The average molecular weight is 413 g/mol. The number of rotatable bonds is 8. The second-order valence-electron chi connectivity index (χ2n) is 8.28. The number of fused-ring (bicyclic) bond motifs is 1. The fourth-order valence-electron chi connectivity index (χ4n) is 5.15. The van der Waals surface area contributed by atoms with Crippen LogP contribution in [0.25, 0.3) is 0 Å². The Morgan fingerprint density at radius 1 is 1.30 bits per heavy atom. The van der Waals surface area contributed by atoms with Crippen LogP contribution in [0.4, 0.5) is 0 Å². The first kappa shape index (κ1) is 20.5. The lowest BCUT2D eigenvalue weighted by Crippen LogP contribution is -2.45. The maximum atomic E-state index is 13.4. The van der Waals surface area contributed by atoms with Crippen molar-refractivity contribution in [1.82, 2.24) is 4.90 Å². The van der Waals surface area contributed by atoms with E-state index >= 15 is 0 Å². The molecule has 0 saturated carbocycles. The molecule has 0 aromatic heterocycles. The Morgan fingerprint density at radius 2 is 2.03 bits per heavy atom. The van der Waals surface area contributed by atoms with Crippen molar-refractivity contribution in [2.45, 2.75) is 37.5 Å². The van der Waals surface area contributed by atoms with E-state index < -0.39 is 29.5 Å². The summed E-state index contributed by atoms with van der Waals surface area (Å²) in [6.07, 6.45) is 4.33. The van der Waals surface area contributed by atoms with Crippen LogP contribution in [0, 0.1) is 11.8 Å². The molecule has 2 bridgehead atoms. The van der Waals surface area contributed by atoms with Crippen molar-refractivity contribution in [1.29, 1.82) is 0 Å². The van der Waals surface area contributed by atoms with E-state index in [9.17, 15) is 14.7 Å². The molecule has 0 aliphatic carbocycles. The zero-order valence-corrected chi connectivity index (χ0v) is 17.5. The number of aliphatic carboxylic acids is 1. The molecular formula is C23H27NO6. The summed E-state index contributed by atoms with van der Waals surface area (Å²) in [5, 5.41) is 9.74. The van der Waals surface area contributed by atoms with Crippen LogP contribution < -0.4 is 9.47 Å². The highest BCUT2D eigenvalue weighted by molar-refractivity contribution is 5.91. The standard InChI is InChI=1S/C23H27NO6/c1-13(2)11-18-23-9-7-16(30-23)19(22(26)27)20(23)21(25)24(18)10-8-14-5-6-15(28-3)17(12-14)29-4/h5-7,9,12,16,18-20H,1,8,10-11H2,2-4H3,(H,26,27). The van der Waals surface area contributed by atoms with Crippen LogP contribution in [0.1, 0.15) is 18.9 Å². The van der Waals surface area contributed by atoms with Gasteiger partial charge in [-0.15, -0.1) is 6.58 Å². The molecule has 7 heteroatoms. The number of hydrogen-bond acceptors (Lipinski definition) is 5. The summed E-state index contributed by atoms with van der Waals surface area (Å²) in [4.78, 5) is 27.1. The number of hydrogen-bond donors (Lipinski definition) is 1. The van der Waals surface area contributed by atoms with Gasteiger partial charge in [-0.1, -0.05) is 23.8 Å². The van der Waals surface area contributed by atoms with Crippen molar-refractivity contribution in [3.05, 3.63) is 48.1 Å². The van der Waals surface area contributed by atoms with Crippen molar-refractivity contribution in [2.75, 3.05) is 20.8 Å². The zero-order chi connectivity index (χ0) is 21.6. The van der Waals surface area contributed by atoms with Crippen molar-refractivity contribution >= 4 is 11.9 Å². The first-order valence-corrected chi connectivity index (χ1v) is 10.1. The van der Waals surface area contributed by atoms with E-state index in [0.29, 0.717) is 30.9 Å². The Hall–Kier alpha value is -2.80. The molecule has 4 rings (SSSR count). The molecule has 2 saturated heterocycles. The van der Waals surface area contributed by atoms with Crippen LogP contribution in [0.3, 0.4) is 0 Å². The fraction of sp³-hybridized carbons (Fsp3) is 0.478. The van der Waals surface area contributed by atoms with Gasteiger partial charge in [-0.25, -0.2) is 0 Å². The van der Waals surface area contributed by atoms with E-state index in [1.165, 1.54) is 0 Å². The molecule has 1 aromatic carbocycles. The van der Waals surface area contributed by atoms with Gasteiger partial charge in [0, 0.05) is 6.54 Å². The average Bonchev–Trinajstić information content (AvgIpc) is 3.35. The van der Waals surface area contributed by atoms with Gasteiger partial charge >= 0.3 is 5.97 Å². The predicted molar refractivity (Wildman–Crippen MR) is 110 cm³/mol. The smallest absolute Gasteiger partial charge is 0.310 e. The van der Waals surface area contributed by atoms with Crippen LogP contribution in [-0.4, -0.2) is 60.4 Å². The number of benzene rings is 1. The third-order valence-electron chi connectivity index (χ3n) is 6.45. The van der Waals surface area contributed by atoms with Gasteiger partial charge in [-0.3, -0.25) is 9.59 Å². The lowest BCUT2D eigenvalue weighted by Gasteiger charge is -2.33. The molecule has 1 spiro atoms. The van der Waals surface area contributed by atoms with Gasteiger partial charge in [0.25, 0.3) is 0 Å². The Bertz CT molecular complexity index is 924. The Morgan fingerprint density at radius 3 is 2.67 bits per heavy atom. The van der Waals surface area contributed by atoms with Crippen LogP contribution in [-0.2, 0) is 20.7 Å². The molecule has 5 unspecified atom stereocenters. The molecule has 0 radical (unpaired) electrons. The lowest BCUT2D eigenvalue weighted by molar-refractivity contribution is -0.148. The molecule has 3 aliphatic heterocycles. The normalized spacial score (nSPS) is 31.2. The topological polar surface area (TPSA) is 85.3 Å². The molecule has 7 nitrogen and oxygen atoms in total. The second-order valence-corrected chi connectivity index (χ2v) is 8.28. The second kappa shape index (κ2) is 7.47. The number of likely N-dealkylation sites (tertiary alicyclic amines) is 1. The summed E-state index contributed by atoms with van der Waals surface area (Å²) in [5.41, 5.74) is 1.04. The Labute approximate surface area is 175 Å². The summed E-state index contributed by atoms with van der Waals surface area (Å²) in [5.74, 6) is -1.40. The molecule has 2 fully saturated rings. The highest BCUT2D eigenvalue weighted by Gasteiger charge is 2.70. The maximum absolute atomic E-state index is 13.4. The Balaban J connectivity index is 1.61. The summed E-state index contributed by atoms with van der Waals surface area (Å²) in [6.45, 7) is 6.40. The molecule has 1 aromatic rings. The molecule has 30 heavy (non-hydrogen) atoms. The zero-order valence-electron chi connectivity index (χ0n) is 17.5. The number of carbonyl (C=O) groups excluding carboxylic acids is 1. The van der Waals surface area contributed by atoms with E-state index in [-0.39, 0.29) is 11.9 Å². The Kier molecular flexibility index (Phi) is 5.10. The number of methoxy groups -OCH3 is 2. The lowest BCUT2D eigenvalue weighted by atomic mass is 9.74. The molecule has 5 atom stereocenters. The van der Waals surface area contributed by atoms with Crippen LogP contribution in [0.2, 0.25) is 0 Å². The van der Waals surface area contributed by atoms with Crippen molar-refractivity contribution in [2.24, 2.45) is 11.8 Å². The van der Waals surface area contributed by atoms with Gasteiger partial charge in [-0.05, 0) is 37.5 Å². The minimum Gasteiger partial charge on any atom is -0.493 e. The first-order valence-electron chi connectivity index (χ1n) is 10.1. The third kappa shape index (κ3) is 2.99. The number of carbonyl (C=O) groups is 2. The highest BCUT2D eigenvalue weighted by Crippen LogP contribution is 2.56. The summed E-state index contributed by atoms with van der Waals surface area (Å²) in [6, 6.07) is 5.41. The monoisotopic (exact) mass is 413 g/mol. The molecular weight excluding hydrogens is 386 g/mol. The van der Waals surface area contributed by atoms with E-state index in [0.717, 1.165) is 11.1 Å². The van der Waals surface area contributed by atoms with E-state index in [2.05, 4.69) is 6.58 Å². The number of ether oxygens (including phenoxy) is 3. The molecule has 160 valence electrons. The van der Waals surface area contributed by atoms with E-state index in [1.54, 1.807) is 25.2 Å². The van der Waals surface area contributed by atoms with Gasteiger partial charge < -0.3 is 24.2 Å². The molecule has 1 N–H and O–H groups in total. The van der Waals surface area contributed by atoms with Crippen molar-refractivity contribution < 1.29 is 28.9 Å². The molecule has 1 amide bonds. The largest absolute Gasteiger partial charge is 0.493 e.